The third-order valence-corrected chi connectivity index (χ3v) is 4.02. The lowest BCUT2D eigenvalue weighted by Gasteiger charge is -2.10. The molecular formula is C21H18ClNO3. The van der Waals surface area contributed by atoms with Crippen LogP contribution in [0.3, 0.4) is 0 Å². The van der Waals surface area contributed by atoms with Gasteiger partial charge in [0, 0.05) is 16.8 Å². The van der Waals surface area contributed by atoms with Crippen LogP contribution >= 0.6 is 11.6 Å². The van der Waals surface area contributed by atoms with Gasteiger partial charge in [0.1, 0.15) is 18.1 Å². The molecule has 0 aromatic heterocycles. The van der Waals surface area contributed by atoms with E-state index in [0.29, 0.717) is 23.1 Å². The summed E-state index contributed by atoms with van der Waals surface area (Å²) in [7, 11) is 0. The van der Waals surface area contributed by atoms with E-state index in [4.69, 9.17) is 16.3 Å². The van der Waals surface area contributed by atoms with Gasteiger partial charge in [-0.2, -0.15) is 0 Å². The van der Waals surface area contributed by atoms with E-state index in [1.54, 1.807) is 18.2 Å². The van der Waals surface area contributed by atoms with Crippen molar-refractivity contribution in [1.29, 1.82) is 0 Å². The molecule has 4 nitrogen and oxygen atoms in total. The number of ether oxygens (including phenoxy) is 1. The number of carbonyl (C=O) groups excluding carboxylic acids is 1. The van der Waals surface area contributed by atoms with Crippen LogP contribution in [0.2, 0.25) is 5.02 Å². The van der Waals surface area contributed by atoms with E-state index in [1.165, 1.54) is 23.8 Å². The molecular weight excluding hydrogens is 350 g/mol. The van der Waals surface area contributed by atoms with Crippen LogP contribution in [0, 0.1) is 6.92 Å². The Hall–Kier alpha value is -2.98. The first-order valence-electron chi connectivity index (χ1n) is 8.09. The van der Waals surface area contributed by atoms with Gasteiger partial charge in [0.05, 0.1) is 5.56 Å². The summed E-state index contributed by atoms with van der Waals surface area (Å²) < 4.78 is 5.80. The average Bonchev–Trinajstić information content (AvgIpc) is 2.62. The molecule has 0 saturated carbocycles. The first-order valence-corrected chi connectivity index (χ1v) is 8.47. The van der Waals surface area contributed by atoms with E-state index in [9.17, 15) is 9.90 Å². The number of phenolic OH excluding ortho intramolecular Hbond substituents is 1. The number of hydrogen-bond donors (Lipinski definition) is 2. The summed E-state index contributed by atoms with van der Waals surface area (Å²) in [6.45, 7) is 2.47. The van der Waals surface area contributed by atoms with Crippen LogP contribution in [-0.2, 0) is 6.61 Å². The van der Waals surface area contributed by atoms with E-state index in [2.05, 4.69) is 11.4 Å². The van der Waals surface area contributed by atoms with Gasteiger partial charge in [0.25, 0.3) is 5.91 Å². The average molecular weight is 368 g/mol. The molecule has 0 fully saturated rings. The standard InChI is InChI=1S/C21H18ClNO3/c1-14-4-2-5-15(10-14)13-26-18-7-3-6-17(12-18)23-21(25)19-11-16(22)8-9-20(19)24/h2-12,24H,13H2,1H3,(H,23,25). The highest BCUT2D eigenvalue weighted by atomic mass is 35.5. The van der Waals surface area contributed by atoms with Crippen molar-refractivity contribution in [3.8, 4) is 11.5 Å². The van der Waals surface area contributed by atoms with Crippen molar-refractivity contribution in [2.24, 2.45) is 0 Å². The number of aryl methyl sites for hydroxylation is 1. The molecule has 5 heteroatoms. The number of phenols is 1. The Morgan fingerprint density at radius 1 is 1.08 bits per heavy atom. The smallest absolute Gasteiger partial charge is 0.259 e. The molecule has 0 bridgehead atoms. The van der Waals surface area contributed by atoms with Crippen molar-refractivity contribution in [3.63, 3.8) is 0 Å². The molecule has 26 heavy (non-hydrogen) atoms. The van der Waals surface area contributed by atoms with Crippen molar-refractivity contribution >= 4 is 23.2 Å². The molecule has 0 radical (unpaired) electrons. The normalized spacial score (nSPS) is 10.4. The molecule has 3 rings (SSSR count). The number of amides is 1. The van der Waals surface area contributed by atoms with Gasteiger partial charge in [0.15, 0.2) is 0 Å². The minimum absolute atomic E-state index is 0.114. The van der Waals surface area contributed by atoms with Gasteiger partial charge >= 0.3 is 0 Å². The predicted octanol–water partition coefficient (Wildman–Crippen LogP) is 5.19. The molecule has 1 amide bonds. The molecule has 0 aliphatic heterocycles. The first-order chi connectivity index (χ1) is 12.5. The van der Waals surface area contributed by atoms with Crippen LogP contribution in [0.4, 0.5) is 5.69 Å². The Kier molecular flexibility index (Phi) is 5.44. The Morgan fingerprint density at radius 2 is 1.88 bits per heavy atom. The second-order valence-electron chi connectivity index (χ2n) is 5.92. The minimum Gasteiger partial charge on any atom is -0.507 e. The summed E-state index contributed by atoms with van der Waals surface area (Å²) in [5.74, 6) is 0.0687. The number of anilines is 1. The van der Waals surface area contributed by atoms with Gasteiger partial charge in [-0.15, -0.1) is 0 Å². The molecule has 0 saturated heterocycles. The van der Waals surface area contributed by atoms with Crippen molar-refractivity contribution < 1.29 is 14.6 Å². The summed E-state index contributed by atoms with van der Waals surface area (Å²) in [6, 6.07) is 19.5. The Bertz CT molecular complexity index is 940. The molecule has 0 aliphatic rings. The zero-order valence-corrected chi connectivity index (χ0v) is 15.0. The molecule has 0 heterocycles. The van der Waals surface area contributed by atoms with E-state index < -0.39 is 5.91 Å². The third kappa shape index (κ3) is 4.55. The van der Waals surface area contributed by atoms with E-state index in [-0.39, 0.29) is 11.3 Å². The highest BCUT2D eigenvalue weighted by Crippen LogP contribution is 2.24. The number of halogens is 1. The molecule has 0 atom stereocenters. The topological polar surface area (TPSA) is 58.6 Å². The van der Waals surface area contributed by atoms with Gasteiger partial charge < -0.3 is 15.2 Å². The first kappa shape index (κ1) is 17.8. The summed E-state index contributed by atoms with van der Waals surface area (Å²) in [5.41, 5.74) is 2.93. The summed E-state index contributed by atoms with van der Waals surface area (Å²) in [5, 5.41) is 12.9. The van der Waals surface area contributed by atoms with Gasteiger partial charge in [-0.3, -0.25) is 4.79 Å². The van der Waals surface area contributed by atoms with Crippen LogP contribution in [0.25, 0.3) is 0 Å². The lowest BCUT2D eigenvalue weighted by molar-refractivity contribution is 0.102. The van der Waals surface area contributed by atoms with Gasteiger partial charge in [-0.1, -0.05) is 47.5 Å². The maximum atomic E-state index is 12.3. The lowest BCUT2D eigenvalue weighted by Crippen LogP contribution is -2.12. The maximum absolute atomic E-state index is 12.3. The molecule has 0 unspecified atom stereocenters. The molecule has 3 aromatic rings. The fraction of sp³-hybridized carbons (Fsp3) is 0.0952. The summed E-state index contributed by atoms with van der Waals surface area (Å²) in [6.07, 6.45) is 0. The van der Waals surface area contributed by atoms with E-state index in [1.807, 2.05) is 31.2 Å². The maximum Gasteiger partial charge on any atom is 0.259 e. The Balaban J connectivity index is 1.69. The zero-order valence-electron chi connectivity index (χ0n) is 14.2. The molecule has 3 aromatic carbocycles. The SMILES string of the molecule is Cc1cccc(COc2cccc(NC(=O)c3cc(Cl)ccc3O)c2)c1. The lowest BCUT2D eigenvalue weighted by atomic mass is 10.1. The molecule has 132 valence electrons. The van der Waals surface area contributed by atoms with E-state index in [0.717, 1.165) is 5.56 Å². The third-order valence-electron chi connectivity index (χ3n) is 3.78. The van der Waals surface area contributed by atoms with Gasteiger partial charge in [-0.25, -0.2) is 0 Å². The van der Waals surface area contributed by atoms with Crippen molar-refractivity contribution in [1.82, 2.24) is 0 Å². The number of benzene rings is 3. The van der Waals surface area contributed by atoms with Gasteiger partial charge in [-0.05, 0) is 42.8 Å². The van der Waals surface area contributed by atoms with Crippen molar-refractivity contribution in [2.75, 3.05) is 5.32 Å². The highest BCUT2D eigenvalue weighted by molar-refractivity contribution is 6.31. The summed E-state index contributed by atoms with van der Waals surface area (Å²) >= 11 is 5.89. The molecule has 0 aliphatic carbocycles. The number of aromatic hydroxyl groups is 1. The van der Waals surface area contributed by atoms with Crippen molar-refractivity contribution in [2.45, 2.75) is 13.5 Å². The van der Waals surface area contributed by atoms with Crippen LogP contribution < -0.4 is 10.1 Å². The van der Waals surface area contributed by atoms with E-state index >= 15 is 0 Å². The second-order valence-corrected chi connectivity index (χ2v) is 6.36. The second kappa shape index (κ2) is 7.93. The highest BCUT2D eigenvalue weighted by Gasteiger charge is 2.12. The number of carbonyl (C=O) groups is 1. The monoisotopic (exact) mass is 367 g/mol. The zero-order chi connectivity index (χ0) is 18.5. The Morgan fingerprint density at radius 3 is 2.69 bits per heavy atom. The Labute approximate surface area is 157 Å². The van der Waals surface area contributed by atoms with Crippen molar-refractivity contribution in [3.05, 3.63) is 88.4 Å². The van der Waals surface area contributed by atoms with Gasteiger partial charge in [0.2, 0.25) is 0 Å². The largest absolute Gasteiger partial charge is 0.507 e. The minimum atomic E-state index is -0.444. The number of rotatable bonds is 5. The van der Waals surface area contributed by atoms with Crippen LogP contribution in [0.1, 0.15) is 21.5 Å². The molecule has 2 N–H and O–H groups in total. The summed E-state index contributed by atoms with van der Waals surface area (Å²) in [4.78, 5) is 12.3. The number of hydrogen-bond acceptors (Lipinski definition) is 3. The predicted molar refractivity (Wildman–Crippen MR) is 103 cm³/mol. The number of nitrogens with one attached hydrogen (secondary N) is 1. The van der Waals surface area contributed by atoms with Crippen LogP contribution in [0.15, 0.2) is 66.7 Å². The quantitative estimate of drug-likeness (QED) is 0.652. The molecule has 0 spiro atoms. The van der Waals surface area contributed by atoms with Crippen LogP contribution in [0.5, 0.6) is 11.5 Å². The fourth-order valence-electron chi connectivity index (χ4n) is 2.52. The van der Waals surface area contributed by atoms with Crippen LogP contribution in [-0.4, -0.2) is 11.0 Å². The fourth-order valence-corrected chi connectivity index (χ4v) is 2.69.